The molecule has 0 aliphatic carbocycles. The van der Waals surface area contributed by atoms with Crippen molar-refractivity contribution in [3.63, 3.8) is 0 Å². The molecule has 0 N–H and O–H groups in total. The lowest BCUT2D eigenvalue weighted by Crippen LogP contribution is -2.64. The molecule has 0 bridgehead atoms. The predicted octanol–water partition coefficient (Wildman–Crippen LogP) is 3.68. The normalized spacial score (nSPS) is 17.1. The third-order valence-electron chi connectivity index (χ3n) is 7.19. The van der Waals surface area contributed by atoms with Crippen molar-refractivity contribution in [1.29, 1.82) is 0 Å². The lowest BCUT2D eigenvalue weighted by molar-refractivity contribution is 0.00853. The second-order valence-corrected chi connectivity index (χ2v) is 10.2. The van der Waals surface area contributed by atoms with Crippen LogP contribution in [0.5, 0.6) is 0 Å². The number of rotatable bonds is 4. The van der Waals surface area contributed by atoms with Crippen LogP contribution in [0.15, 0.2) is 66.3 Å². The maximum absolute atomic E-state index is 13.0. The summed E-state index contributed by atoms with van der Waals surface area (Å²) in [6.07, 6.45) is 3.82. The molecule has 178 valence electrons. The van der Waals surface area contributed by atoms with Crippen molar-refractivity contribution < 1.29 is 9.59 Å². The number of hydrogen-bond donors (Lipinski definition) is 0. The average molecular weight is 486 g/mol. The van der Waals surface area contributed by atoms with Gasteiger partial charge in [0.05, 0.1) is 5.52 Å². The molecule has 2 fully saturated rings. The Bertz CT molecular complexity index is 1360. The van der Waals surface area contributed by atoms with Gasteiger partial charge in [0.2, 0.25) is 0 Å². The number of benzene rings is 2. The molecule has 2 saturated heterocycles. The van der Waals surface area contributed by atoms with Gasteiger partial charge >= 0.3 is 0 Å². The Morgan fingerprint density at radius 1 is 0.914 bits per heavy atom. The quantitative estimate of drug-likeness (QED) is 0.443. The largest absolute Gasteiger partial charge is 0.335 e. The number of amides is 2. The number of hydrogen-bond acceptors (Lipinski definition) is 5. The van der Waals surface area contributed by atoms with Gasteiger partial charge in [-0.2, -0.15) is 0 Å². The minimum absolute atomic E-state index is 0.0246. The first kappa shape index (κ1) is 22.0. The van der Waals surface area contributed by atoms with Crippen LogP contribution in [0.25, 0.3) is 16.6 Å². The summed E-state index contributed by atoms with van der Waals surface area (Å²) in [5, 5.41) is 3.64. The summed E-state index contributed by atoms with van der Waals surface area (Å²) in [5.74, 6) is 0.107. The maximum atomic E-state index is 13.0. The van der Waals surface area contributed by atoms with E-state index in [9.17, 15) is 9.59 Å². The van der Waals surface area contributed by atoms with E-state index in [0.717, 1.165) is 37.4 Å². The molecule has 0 unspecified atom stereocenters. The first-order valence-electron chi connectivity index (χ1n) is 12.0. The van der Waals surface area contributed by atoms with E-state index in [0.29, 0.717) is 24.1 Å². The van der Waals surface area contributed by atoms with Crippen LogP contribution in [0.4, 0.5) is 0 Å². The summed E-state index contributed by atoms with van der Waals surface area (Å²) in [4.78, 5) is 35.9. The third kappa shape index (κ3) is 4.02. The van der Waals surface area contributed by atoms with E-state index in [1.807, 2.05) is 39.4 Å². The topological polar surface area (TPSA) is 61.7 Å². The molecule has 4 heterocycles. The zero-order valence-electron chi connectivity index (χ0n) is 19.6. The summed E-state index contributed by atoms with van der Waals surface area (Å²) in [6.45, 7) is 6.68. The van der Waals surface area contributed by atoms with E-state index in [1.165, 1.54) is 27.8 Å². The average Bonchev–Trinajstić information content (AvgIpc) is 3.52. The van der Waals surface area contributed by atoms with E-state index in [4.69, 9.17) is 0 Å². The smallest absolute Gasteiger partial charge is 0.282 e. The zero-order chi connectivity index (χ0) is 23.9. The molecule has 7 nitrogen and oxygen atoms in total. The number of likely N-dealkylation sites (tertiary alicyclic amines) is 1. The Balaban J connectivity index is 1.05. The van der Waals surface area contributed by atoms with Gasteiger partial charge in [0.25, 0.3) is 11.8 Å². The van der Waals surface area contributed by atoms with E-state index >= 15 is 0 Å². The van der Waals surface area contributed by atoms with Gasteiger partial charge < -0.3 is 14.4 Å². The number of nitrogens with zero attached hydrogens (tertiary/aromatic N) is 5. The Labute approximate surface area is 208 Å². The molecule has 2 aromatic heterocycles. The molecule has 2 aromatic carbocycles. The van der Waals surface area contributed by atoms with Gasteiger partial charge in [-0.3, -0.25) is 14.5 Å². The summed E-state index contributed by atoms with van der Waals surface area (Å²) in [7, 11) is 0. The van der Waals surface area contributed by atoms with Gasteiger partial charge in [-0.1, -0.05) is 18.2 Å². The number of aryl methyl sites for hydroxylation is 1. The van der Waals surface area contributed by atoms with Crippen molar-refractivity contribution >= 4 is 34.1 Å². The highest BCUT2D eigenvalue weighted by molar-refractivity contribution is 7.11. The van der Waals surface area contributed by atoms with E-state index in [2.05, 4.69) is 51.8 Å². The molecule has 2 amide bonds. The van der Waals surface area contributed by atoms with Crippen LogP contribution in [0.3, 0.4) is 0 Å². The first-order valence-corrected chi connectivity index (χ1v) is 12.9. The molecule has 8 heteroatoms. The second kappa shape index (κ2) is 8.94. The number of aromatic nitrogens is 2. The third-order valence-corrected chi connectivity index (χ3v) is 7.95. The van der Waals surface area contributed by atoms with Crippen LogP contribution in [0, 0.1) is 6.92 Å². The molecule has 0 saturated carbocycles. The number of carbonyl (C=O) groups excluding carboxylic acids is 2. The molecular formula is C27H27N5O2S. The number of para-hydroxylation sites is 1. The lowest BCUT2D eigenvalue weighted by atomic mass is 10.0. The zero-order valence-corrected chi connectivity index (χ0v) is 20.4. The lowest BCUT2D eigenvalue weighted by Gasteiger charge is -2.48. The highest BCUT2D eigenvalue weighted by atomic mass is 32.1. The fourth-order valence-electron chi connectivity index (χ4n) is 5.12. The van der Waals surface area contributed by atoms with E-state index in [1.54, 1.807) is 6.20 Å². The van der Waals surface area contributed by atoms with Crippen LogP contribution in [0.1, 0.15) is 25.7 Å². The molecular weight excluding hydrogens is 458 g/mol. The Morgan fingerprint density at radius 3 is 2.37 bits per heavy atom. The van der Waals surface area contributed by atoms with Crippen LogP contribution in [0.2, 0.25) is 0 Å². The summed E-state index contributed by atoms with van der Waals surface area (Å²) in [5.41, 5.74) is 4.18. The van der Waals surface area contributed by atoms with Crippen molar-refractivity contribution in [3.8, 4) is 5.69 Å². The Hall–Kier alpha value is -3.49. The van der Waals surface area contributed by atoms with Crippen LogP contribution < -0.4 is 0 Å². The summed E-state index contributed by atoms with van der Waals surface area (Å²) >= 11 is 1.39. The number of piperazine rings is 1. The minimum atomic E-state index is 0.0246. The van der Waals surface area contributed by atoms with Gasteiger partial charge in [0.15, 0.2) is 5.01 Å². The molecule has 2 aliphatic heterocycles. The Kier molecular flexibility index (Phi) is 5.62. The van der Waals surface area contributed by atoms with Crippen molar-refractivity contribution in [2.24, 2.45) is 0 Å². The van der Waals surface area contributed by atoms with Gasteiger partial charge in [-0.05, 0) is 42.8 Å². The van der Waals surface area contributed by atoms with Gasteiger partial charge in [-0.25, -0.2) is 4.98 Å². The van der Waals surface area contributed by atoms with Crippen molar-refractivity contribution in [3.05, 3.63) is 82.4 Å². The molecule has 6 rings (SSSR count). The van der Waals surface area contributed by atoms with Gasteiger partial charge in [0.1, 0.15) is 0 Å². The monoisotopic (exact) mass is 485 g/mol. The van der Waals surface area contributed by atoms with Crippen molar-refractivity contribution in [2.45, 2.75) is 13.0 Å². The minimum Gasteiger partial charge on any atom is -0.335 e. The molecule has 0 atom stereocenters. The molecule has 0 spiro atoms. The highest BCUT2D eigenvalue weighted by Crippen LogP contribution is 2.25. The molecule has 0 radical (unpaired) electrons. The fourth-order valence-corrected chi connectivity index (χ4v) is 5.72. The highest BCUT2D eigenvalue weighted by Gasteiger charge is 2.37. The molecule has 35 heavy (non-hydrogen) atoms. The van der Waals surface area contributed by atoms with Crippen LogP contribution in [-0.2, 0) is 0 Å². The predicted molar refractivity (Wildman–Crippen MR) is 137 cm³/mol. The fraction of sp³-hybridized carbons (Fsp3) is 0.296. The van der Waals surface area contributed by atoms with E-state index in [-0.39, 0.29) is 11.8 Å². The number of fused-ring (bicyclic) bond motifs is 1. The summed E-state index contributed by atoms with van der Waals surface area (Å²) in [6, 6.07) is 16.6. The number of thiazole rings is 1. The van der Waals surface area contributed by atoms with Gasteiger partial charge in [0, 0.05) is 79.7 Å². The van der Waals surface area contributed by atoms with Crippen molar-refractivity contribution in [2.75, 3.05) is 39.3 Å². The molecule has 2 aliphatic rings. The number of carbonyl (C=O) groups is 2. The van der Waals surface area contributed by atoms with Crippen LogP contribution >= 0.6 is 11.3 Å². The maximum Gasteiger partial charge on any atom is 0.282 e. The standard InChI is InChI=1S/C27H27N5O2S/c1-19-16-32(24-5-3-2-4-23(19)24)21-8-6-20(7-9-21)26(33)31-17-22(18-31)29-11-13-30(14-12-29)27(34)25-28-10-15-35-25/h2-10,15-16,22H,11-14,17-18H2,1H3. The summed E-state index contributed by atoms with van der Waals surface area (Å²) < 4.78 is 2.18. The van der Waals surface area contributed by atoms with Crippen molar-refractivity contribution in [1.82, 2.24) is 24.3 Å². The first-order chi connectivity index (χ1) is 17.1. The SMILES string of the molecule is Cc1cn(-c2ccc(C(=O)N3CC(N4CCN(C(=O)c5nccs5)CC4)C3)cc2)c2ccccc12. The Morgan fingerprint density at radius 2 is 1.66 bits per heavy atom. The molecule has 4 aromatic rings. The van der Waals surface area contributed by atoms with Gasteiger partial charge in [-0.15, -0.1) is 11.3 Å². The van der Waals surface area contributed by atoms with E-state index < -0.39 is 0 Å². The second-order valence-electron chi connectivity index (χ2n) is 9.28. The van der Waals surface area contributed by atoms with Crippen LogP contribution in [-0.4, -0.2) is 81.4 Å².